The maximum atomic E-state index is 12.6. The van der Waals surface area contributed by atoms with E-state index in [1.165, 1.54) is 57.8 Å². The van der Waals surface area contributed by atoms with Crippen LogP contribution in [0, 0.1) is 5.92 Å². The fourth-order valence-corrected chi connectivity index (χ4v) is 4.21. The smallest absolute Gasteiger partial charge is 0.223 e. The molecule has 23 heavy (non-hydrogen) atoms. The third-order valence-electron chi connectivity index (χ3n) is 5.57. The maximum Gasteiger partial charge on any atom is 0.223 e. The van der Waals surface area contributed by atoms with Crippen molar-refractivity contribution >= 4 is 5.91 Å². The molecule has 0 bridgehead atoms. The van der Waals surface area contributed by atoms with Crippen LogP contribution in [0.25, 0.3) is 0 Å². The number of carbonyl (C=O) groups is 1. The molecule has 0 spiro atoms. The van der Waals surface area contributed by atoms with Crippen LogP contribution in [0.15, 0.2) is 18.6 Å². The highest BCUT2D eigenvalue weighted by Crippen LogP contribution is 2.30. The molecule has 0 unspecified atom stereocenters. The van der Waals surface area contributed by atoms with Gasteiger partial charge >= 0.3 is 0 Å². The van der Waals surface area contributed by atoms with E-state index >= 15 is 0 Å². The van der Waals surface area contributed by atoms with Crippen molar-refractivity contribution in [2.24, 2.45) is 5.92 Å². The molecule has 1 atom stereocenters. The van der Waals surface area contributed by atoms with Crippen molar-refractivity contribution in [3.8, 4) is 0 Å². The summed E-state index contributed by atoms with van der Waals surface area (Å²) in [6, 6.07) is 2.40. The third-order valence-corrected chi connectivity index (χ3v) is 5.57. The number of amides is 1. The second kappa shape index (κ2) is 8.42. The van der Waals surface area contributed by atoms with Crippen LogP contribution in [-0.2, 0) is 11.2 Å². The van der Waals surface area contributed by atoms with Gasteiger partial charge in [0.05, 0.1) is 0 Å². The predicted molar refractivity (Wildman–Crippen MR) is 90.9 cm³/mol. The van der Waals surface area contributed by atoms with E-state index in [4.69, 9.17) is 0 Å². The van der Waals surface area contributed by atoms with Gasteiger partial charge in [0.2, 0.25) is 5.91 Å². The Bertz CT molecular complexity index is 485. The van der Waals surface area contributed by atoms with Crippen LogP contribution in [0.3, 0.4) is 0 Å². The molecule has 0 radical (unpaired) electrons. The number of carbonyl (C=O) groups excluding carboxylic acids is 1. The number of rotatable bonds is 6. The van der Waals surface area contributed by atoms with E-state index < -0.39 is 0 Å². The van der Waals surface area contributed by atoms with Gasteiger partial charge in [0.25, 0.3) is 0 Å². The van der Waals surface area contributed by atoms with Crippen LogP contribution < -0.4 is 0 Å². The summed E-state index contributed by atoms with van der Waals surface area (Å²) in [5.41, 5.74) is 0.964. The van der Waals surface area contributed by atoms with Crippen LogP contribution in [-0.4, -0.2) is 33.4 Å². The van der Waals surface area contributed by atoms with Crippen molar-refractivity contribution < 1.29 is 4.79 Å². The first kappa shape index (κ1) is 16.4. The van der Waals surface area contributed by atoms with Gasteiger partial charge in [-0.3, -0.25) is 4.79 Å². The molecule has 1 aromatic rings. The lowest BCUT2D eigenvalue weighted by Crippen LogP contribution is -2.36. The molecule has 0 N–H and O–H groups in total. The third kappa shape index (κ3) is 4.76. The van der Waals surface area contributed by atoms with Gasteiger partial charge in [-0.1, -0.05) is 32.1 Å². The highest BCUT2D eigenvalue weighted by atomic mass is 16.2. The quantitative estimate of drug-likeness (QED) is 0.803. The Morgan fingerprint density at radius 2 is 2.00 bits per heavy atom. The van der Waals surface area contributed by atoms with Gasteiger partial charge in [-0.2, -0.15) is 0 Å². The van der Waals surface area contributed by atoms with Crippen LogP contribution in [0.4, 0.5) is 0 Å². The first-order chi connectivity index (χ1) is 11.3. The van der Waals surface area contributed by atoms with Crippen molar-refractivity contribution in [3.05, 3.63) is 24.3 Å². The highest BCUT2D eigenvalue weighted by Gasteiger charge is 2.28. The van der Waals surface area contributed by atoms with Gasteiger partial charge in [-0.15, -0.1) is 0 Å². The van der Waals surface area contributed by atoms with E-state index in [1.807, 2.05) is 6.07 Å². The summed E-state index contributed by atoms with van der Waals surface area (Å²) in [5, 5.41) is 0. The summed E-state index contributed by atoms with van der Waals surface area (Å²) >= 11 is 0. The van der Waals surface area contributed by atoms with Crippen molar-refractivity contribution in [3.63, 3.8) is 0 Å². The van der Waals surface area contributed by atoms with Crippen LogP contribution in [0.1, 0.15) is 69.9 Å². The number of likely N-dealkylation sites (tertiary alicyclic amines) is 1. The van der Waals surface area contributed by atoms with Crippen molar-refractivity contribution in [2.45, 2.75) is 76.7 Å². The zero-order valence-electron chi connectivity index (χ0n) is 14.1. The first-order valence-electron chi connectivity index (χ1n) is 9.37. The van der Waals surface area contributed by atoms with Gasteiger partial charge in [0.15, 0.2) is 0 Å². The zero-order chi connectivity index (χ0) is 15.9. The predicted octanol–water partition coefficient (Wildman–Crippen LogP) is 3.76. The van der Waals surface area contributed by atoms with Crippen molar-refractivity contribution in [2.75, 3.05) is 6.54 Å². The number of hydrogen-bond donors (Lipinski definition) is 0. The molecule has 1 aromatic heterocycles. The molecule has 4 heteroatoms. The molecule has 3 rings (SSSR count). The molecule has 1 saturated heterocycles. The average molecular weight is 315 g/mol. The maximum absolute atomic E-state index is 12.6. The van der Waals surface area contributed by atoms with Gasteiger partial charge in [-0.25, -0.2) is 9.97 Å². The number of nitrogens with zero attached hydrogens (tertiary/aromatic N) is 3. The summed E-state index contributed by atoms with van der Waals surface area (Å²) in [6.45, 7) is 0.956. The number of aryl methyl sites for hydroxylation is 1. The summed E-state index contributed by atoms with van der Waals surface area (Å²) in [7, 11) is 0. The van der Waals surface area contributed by atoms with E-state index in [-0.39, 0.29) is 0 Å². The van der Waals surface area contributed by atoms with E-state index in [2.05, 4.69) is 14.9 Å². The monoisotopic (exact) mass is 315 g/mol. The molecule has 4 nitrogen and oxygen atoms in total. The zero-order valence-corrected chi connectivity index (χ0v) is 14.1. The topological polar surface area (TPSA) is 46.1 Å². The fourth-order valence-electron chi connectivity index (χ4n) is 4.21. The van der Waals surface area contributed by atoms with Crippen LogP contribution >= 0.6 is 0 Å². The van der Waals surface area contributed by atoms with Gasteiger partial charge < -0.3 is 4.90 Å². The lowest BCUT2D eigenvalue weighted by Gasteiger charge is -2.28. The van der Waals surface area contributed by atoms with Crippen molar-refractivity contribution in [1.29, 1.82) is 0 Å². The Kier molecular flexibility index (Phi) is 6.00. The molecule has 126 valence electrons. The van der Waals surface area contributed by atoms with E-state index in [9.17, 15) is 4.79 Å². The normalized spacial score (nSPS) is 22.4. The molecular formula is C19H29N3O. The SMILES string of the molecule is O=C(CCc1ccncn1)N1CCC[C@@H]1CCC1CCCCC1. The van der Waals surface area contributed by atoms with Crippen LogP contribution in [0.5, 0.6) is 0 Å². The molecule has 1 saturated carbocycles. The minimum atomic E-state index is 0.315. The fraction of sp³-hybridized carbons (Fsp3) is 0.737. The summed E-state index contributed by atoms with van der Waals surface area (Å²) in [5.74, 6) is 1.23. The Morgan fingerprint density at radius 1 is 1.13 bits per heavy atom. The second-order valence-corrected chi connectivity index (χ2v) is 7.17. The number of aromatic nitrogens is 2. The molecular weight excluding hydrogens is 286 g/mol. The largest absolute Gasteiger partial charge is 0.340 e. The Hall–Kier alpha value is -1.45. The first-order valence-corrected chi connectivity index (χ1v) is 9.37. The second-order valence-electron chi connectivity index (χ2n) is 7.17. The molecule has 0 aromatic carbocycles. The highest BCUT2D eigenvalue weighted by molar-refractivity contribution is 5.77. The summed E-state index contributed by atoms with van der Waals surface area (Å²) in [4.78, 5) is 22.9. The van der Waals surface area contributed by atoms with E-state index in [1.54, 1.807) is 12.5 Å². The molecule has 1 aliphatic heterocycles. The summed E-state index contributed by atoms with van der Waals surface area (Å²) < 4.78 is 0. The molecule has 2 heterocycles. The Labute approximate surface area is 139 Å². The van der Waals surface area contributed by atoms with Gasteiger partial charge in [0.1, 0.15) is 6.33 Å². The van der Waals surface area contributed by atoms with Gasteiger partial charge in [-0.05, 0) is 44.1 Å². The van der Waals surface area contributed by atoms with Crippen molar-refractivity contribution in [1.82, 2.24) is 14.9 Å². The minimum absolute atomic E-state index is 0.315. The molecule has 1 aliphatic carbocycles. The van der Waals surface area contributed by atoms with Crippen LogP contribution in [0.2, 0.25) is 0 Å². The van der Waals surface area contributed by atoms with E-state index in [0.29, 0.717) is 18.4 Å². The lowest BCUT2D eigenvalue weighted by molar-refractivity contribution is -0.132. The molecule has 2 fully saturated rings. The summed E-state index contributed by atoms with van der Waals surface area (Å²) in [6.07, 6.45) is 16.6. The van der Waals surface area contributed by atoms with E-state index in [0.717, 1.165) is 24.6 Å². The average Bonchev–Trinajstić information content (AvgIpc) is 3.08. The minimum Gasteiger partial charge on any atom is -0.340 e. The number of hydrogen-bond acceptors (Lipinski definition) is 3. The lowest BCUT2D eigenvalue weighted by atomic mass is 9.85. The molecule has 2 aliphatic rings. The van der Waals surface area contributed by atoms with Gasteiger partial charge in [0, 0.05) is 30.9 Å². The standard InChI is InChI=1S/C19H29N3O/c23-19(11-9-17-12-13-20-15-21-17)22-14-4-7-18(22)10-8-16-5-2-1-3-6-16/h12-13,15-16,18H,1-11,14H2/t18-/m1/s1. The Morgan fingerprint density at radius 3 is 2.78 bits per heavy atom. The Balaban J connectivity index is 1.44. The molecule has 1 amide bonds.